The number of aromatic nitrogens is 2. The standard InChI is InChI=1S/C13H20N4O3/c1-16(7-9-6-14-17(2)8-9)13(20)15-11-4-3-10(5-11)12(18)19/h6,8,10-11H,3-5,7H2,1-2H3,(H,15,20)(H,18,19)/t10-,11+/m1/s1. The van der Waals surface area contributed by atoms with Crippen LogP contribution < -0.4 is 5.32 Å². The Morgan fingerprint density at radius 2 is 2.30 bits per heavy atom. The van der Waals surface area contributed by atoms with Crippen LogP contribution in [0, 0.1) is 5.92 Å². The number of carbonyl (C=O) groups is 2. The highest BCUT2D eigenvalue weighted by molar-refractivity contribution is 5.75. The lowest BCUT2D eigenvalue weighted by molar-refractivity contribution is -0.141. The number of hydrogen-bond acceptors (Lipinski definition) is 3. The molecule has 1 saturated carbocycles. The summed E-state index contributed by atoms with van der Waals surface area (Å²) in [6.45, 7) is 0.481. The third-order valence-corrected chi connectivity index (χ3v) is 3.63. The highest BCUT2D eigenvalue weighted by atomic mass is 16.4. The van der Waals surface area contributed by atoms with Crippen LogP contribution in [0.15, 0.2) is 12.4 Å². The van der Waals surface area contributed by atoms with Gasteiger partial charge in [-0.15, -0.1) is 0 Å². The molecule has 0 radical (unpaired) electrons. The van der Waals surface area contributed by atoms with Crippen molar-refractivity contribution in [3.63, 3.8) is 0 Å². The summed E-state index contributed by atoms with van der Waals surface area (Å²) in [6, 6.07) is -0.218. The van der Waals surface area contributed by atoms with E-state index in [0.29, 0.717) is 19.4 Å². The van der Waals surface area contributed by atoms with E-state index in [-0.39, 0.29) is 18.0 Å². The van der Waals surface area contributed by atoms with E-state index in [4.69, 9.17) is 5.11 Å². The Hall–Kier alpha value is -2.05. The van der Waals surface area contributed by atoms with Crippen molar-refractivity contribution in [1.29, 1.82) is 0 Å². The lowest BCUT2D eigenvalue weighted by atomic mass is 10.1. The van der Waals surface area contributed by atoms with Crippen molar-refractivity contribution in [3.05, 3.63) is 18.0 Å². The number of urea groups is 1. The Morgan fingerprint density at radius 3 is 2.85 bits per heavy atom. The molecule has 2 atom stereocenters. The second-order valence-electron chi connectivity index (χ2n) is 5.37. The van der Waals surface area contributed by atoms with Crippen molar-refractivity contribution >= 4 is 12.0 Å². The molecule has 0 spiro atoms. The van der Waals surface area contributed by atoms with E-state index in [0.717, 1.165) is 12.0 Å². The van der Waals surface area contributed by atoms with E-state index >= 15 is 0 Å². The third-order valence-electron chi connectivity index (χ3n) is 3.63. The number of aryl methyl sites for hydroxylation is 1. The van der Waals surface area contributed by atoms with Crippen LogP contribution in [0.25, 0.3) is 0 Å². The quantitative estimate of drug-likeness (QED) is 0.854. The van der Waals surface area contributed by atoms with E-state index in [2.05, 4.69) is 10.4 Å². The molecule has 0 aliphatic heterocycles. The summed E-state index contributed by atoms with van der Waals surface area (Å²) >= 11 is 0. The average Bonchev–Trinajstić information content (AvgIpc) is 2.98. The molecule has 7 nitrogen and oxygen atoms in total. The number of carbonyl (C=O) groups excluding carboxylic acids is 1. The normalized spacial score (nSPS) is 21.7. The predicted octanol–water partition coefficient (Wildman–Crippen LogP) is 0.815. The maximum absolute atomic E-state index is 12.0. The lowest BCUT2D eigenvalue weighted by Crippen LogP contribution is -2.41. The first-order chi connectivity index (χ1) is 9.45. The maximum atomic E-state index is 12.0. The molecule has 1 aromatic heterocycles. The maximum Gasteiger partial charge on any atom is 0.317 e. The molecule has 0 bridgehead atoms. The molecule has 0 saturated heterocycles. The van der Waals surface area contributed by atoms with Gasteiger partial charge in [0.25, 0.3) is 0 Å². The first-order valence-corrected chi connectivity index (χ1v) is 6.67. The summed E-state index contributed by atoms with van der Waals surface area (Å²) in [5.41, 5.74) is 0.958. The van der Waals surface area contributed by atoms with Gasteiger partial charge in [-0.3, -0.25) is 9.48 Å². The number of nitrogens with zero attached hydrogens (tertiary/aromatic N) is 3. The van der Waals surface area contributed by atoms with Gasteiger partial charge in [-0.2, -0.15) is 5.10 Å². The van der Waals surface area contributed by atoms with Gasteiger partial charge >= 0.3 is 12.0 Å². The fourth-order valence-electron chi connectivity index (χ4n) is 2.52. The summed E-state index contributed by atoms with van der Waals surface area (Å²) in [5.74, 6) is -1.10. The van der Waals surface area contributed by atoms with Gasteiger partial charge in [0.2, 0.25) is 0 Å². The number of carboxylic acid groups (broad SMARTS) is 1. The summed E-state index contributed by atoms with van der Waals surface area (Å²) in [5, 5.41) is 15.9. The number of rotatable bonds is 4. The molecule has 20 heavy (non-hydrogen) atoms. The van der Waals surface area contributed by atoms with Gasteiger partial charge < -0.3 is 15.3 Å². The van der Waals surface area contributed by atoms with E-state index in [1.54, 1.807) is 22.8 Å². The van der Waals surface area contributed by atoms with Crippen LogP contribution in [0.3, 0.4) is 0 Å². The molecule has 1 aliphatic carbocycles. The molecule has 2 N–H and O–H groups in total. The van der Waals surface area contributed by atoms with Gasteiger partial charge in [0.05, 0.1) is 18.7 Å². The molecule has 1 aliphatic rings. The zero-order chi connectivity index (χ0) is 14.7. The summed E-state index contributed by atoms with van der Waals surface area (Å²) < 4.78 is 1.69. The van der Waals surface area contributed by atoms with Crippen LogP contribution in [0.5, 0.6) is 0 Å². The number of nitrogens with one attached hydrogen (secondary N) is 1. The molecular formula is C13H20N4O3. The van der Waals surface area contributed by atoms with Crippen molar-refractivity contribution in [1.82, 2.24) is 20.0 Å². The van der Waals surface area contributed by atoms with Crippen molar-refractivity contribution in [2.45, 2.75) is 31.8 Å². The second-order valence-corrected chi connectivity index (χ2v) is 5.37. The number of aliphatic carboxylic acids is 1. The van der Waals surface area contributed by atoms with Crippen LogP contribution in [0.4, 0.5) is 4.79 Å². The third kappa shape index (κ3) is 3.49. The number of carboxylic acids is 1. The zero-order valence-corrected chi connectivity index (χ0v) is 11.7. The van der Waals surface area contributed by atoms with Crippen LogP contribution in [0.2, 0.25) is 0 Å². The Morgan fingerprint density at radius 1 is 1.55 bits per heavy atom. The molecule has 110 valence electrons. The first kappa shape index (κ1) is 14.4. The average molecular weight is 280 g/mol. The summed E-state index contributed by atoms with van der Waals surface area (Å²) in [4.78, 5) is 24.5. The molecule has 1 fully saturated rings. The molecule has 2 rings (SSSR count). The van der Waals surface area contributed by atoms with Crippen LogP contribution in [-0.2, 0) is 18.4 Å². The summed E-state index contributed by atoms with van der Waals surface area (Å²) in [7, 11) is 3.54. The fraction of sp³-hybridized carbons (Fsp3) is 0.615. The van der Waals surface area contributed by atoms with Crippen molar-refractivity contribution in [2.75, 3.05) is 7.05 Å². The highest BCUT2D eigenvalue weighted by Gasteiger charge is 2.31. The molecule has 2 amide bonds. The highest BCUT2D eigenvalue weighted by Crippen LogP contribution is 2.25. The smallest absolute Gasteiger partial charge is 0.317 e. The summed E-state index contributed by atoms with van der Waals surface area (Å²) in [6.07, 6.45) is 5.46. The topological polar surface area (TPSA) is 87.5 Å². The van der Waals surface area contributed by atoms with Gasteiger partial charge in [-0.05, 0) is 19.3 Å². The van der Waals surface area contributed by atoms with E-state index in [9.17, 15) is 9.59 Å². The molecule has 1 heterocycles. The molecule has 0 aromatic carbocycles. The Balaban J connectivity index is 1.81. The van der Waals surface area contributed by atoms with Gasteiger partial charge in [-0.25, -0.2) is 4.79 Å². The van der Waals surface area contributed by atoms with Crippen LogP contribution >= 0.6 is 0 Å². The largest absolute Gasteiger partial charge is 0.481 e. The fourth-order valence-corrected chi connectivity index (χ4v) is 2.52. The Bertz CT molecular complexity index is 500. The van der Waals surface area contributed by atoms with Crippen molar-refractivity contribution < 1.29 is 14.7 Å². The second kappa shape index (κ2) is 5.94. The van der Waals surface area contributed by atoms with E-state index < -0.39 is 5.97 Å². The van der Waals surface area contributed by atoms with Gasteiger partial charge in [0.15, 0.2) is 0 Å². The monoisotopic (exact) mass is 280 g/mol. The van der Waals surface area contributed by atoms with E-state index in [1.807, 2.05) is 13.2 Å². The number of amides is 2. The Labute approximate surface area is 117 Å². The minimum atomic E-state index is -0.773. The Kier molecular flexibility index (Phi) is 4.26. The van der Waals surface area contributed by atoms with Crippen LogP contribution in [-0.4, -0.2) is 44.9 Å². The van der Waals surface area contributed by atoms with Gasteiger partial charge in [0.1, 0.15) is 0 Å². The molecule has 1 aromatic rings. The molecular weight excluding hydrogens is 260 g/mol. The number of hydrogen-bond donors (Lipinski definition) is 2. The van der Waals surface area contributed by atoms with Gasteiger partial charge in [0, 0.05) is 31.9 Å². The van der Waals surface area contributed by atoms with Gasteiger partial charge in [-0.1, -0.05) is 0 Å². The minimum absolute atomic E-state index is 0.0417. The van der Waals surface area contributed by atoms with E-state index in [1.165, 1.54) is 0 Å². The zero-order valence-electron chi connectivity index (χ0n) is 11.7. The minimum Gasteiger partial charge on any atom is -0.481 e. The van der Waals surface area contributed by atoms with Crippen LogP contribution in [0.1, 0.15) is 24.8 Å². The van der Waals surface area contributed by atoms with Crippen molar-refractivity contribution in [3.8, 4) is 0 Å². The lowest BCUT2D eigenvalue weighted by Gasteiger charge is -2.20. The predicted molar refractivity (Wildman–Crippen MR) is 72.0 cm³/mol. The van der Waals surface area contributed by atoms with Crippen molar-refractivity contribution in [2.24, 2.45) is 13.0 Å². The molecule has 7 heteroatoms. The first-order valence-electron chi connectivity index (χ1n) is 6.67. The SMILES string of the molecule is CN(Cc1cnn(C)c1)C(=O)N[C@H]1CC[C@@H](C(=O)O)C1. The molecule has 0 unspecified atom stereocenters.